The van der Waals surface area contributed by atoms with Gasteiger partial charge in [0.1, 0.15) is 6.04 Å². The smallest absolute Gasteiger partial charge is 0.265 e. The standard InChI is InChI=1S/C17H18N2O2S2/c1-12(13-6-3-2-4-7-13)18-16(20)14-10-22-11-19(14)17(21)15-8-5-9-23-15/h2-9,12,14H,10-11H2,1H3,(H,18,20)/t12-,14+/m1/s1. The summed E-state index contributed by atoms with van der Waals surface area (Å²) in [7, 11) is 0. The predicted molar refractivity (Wildman–Crippen MR) is 94.6 cm³/mol. The van der Waals surface area contributed by atoms with E-state index in [1.54, 1.807) is 22.7 Å². The molecular formula is C17H18N2O2S2. The maximum atomic E-state index is 12.6. The SMILES string of the molecule is C[C@@H](NC(=O)[C@@H]1CSCN1C(=O)c1cccs1)c1ccccc1. The molecule has 0 spiro atoms. The van der Waals surface area contributed by atoms with Crippen molar-refractivity contribution in [2.24, 2.45) is 0 Å². The van der Waals surface area contributed by atoms with Gasteiger partial charge in [0.25, 0.3) is 5.91 Å². The molecule has 6 heteroatoms. The van der Waals surface area contributed by atoms with Gasteiger partial charge < -0.3 is 10.2 Å². The van der Waals surface area contributed by atoms with Crippen LogP contribution >= 0.6 is 23.1 Å². The van der Waals surface area contributed by atoms with Gasteiger partial charge in [0.2, 0.25) is 5.91 Å². The fourth-order valence-corrected chi connectivity index (χ4v) is 4.37. The van der Waals surface area contributed by atoms with Crippen molar-refractivity contribution >= 4 is 34.9 Å². The van der Waals surface area contributed by atoms with Gasteiger partial charge in [-0.25, -0.2) is 0 Å². The lowest BCUT2D eigenvalue weighted by Gasteiger charge is -2.24. The van der Waals surface area contributed by atoms with Gasteiger partial charge in [-0.3, -0.25) is 9.59 Å². The highest BCUT2D eigenvalue weighted by Crippen LogP contribution is 2.25. The first-order valence-corrected chi connectivity index (χ1v) is 9.48. The zero-order chi connectivity index (χ0) is 16.2. The summed E-state index contributed by atoms with van der Waals surface area (Å²) in [6, 6.07) is 13.0. The van der Waals surface area contributed by atoms with Crippen LogP contribution in [-0.2, 0) is 4.79 Å². The molecule has 0 bridgehead atoms. The van der Waals surface area contributed by atoms with E-state index < -0.39 is 6.04 Å². The van der Waals surface area contributed by atoms with Crippen LogP contribution in [0.2, 0.25) is 0 Å². The van der Waals surface area contributed by atoms with Crippen LogP contribution in [0.5, 0.6) is 0 Å². The van der Waals surface area contributed by atoms with Crippen molar-refractivity contribution in [2.75, 3.05) is 11.6 Å². The number of nitrogens with zero attached hydrogens (tertiary/aromatic N) is 1. The summed E-state index contributed by atoms with van der Waals surface area (Å²) >= 11 is 3.03. The first-order valence-electron chi connectivity index (χ1n) is 7.44. The number of carbonyl (C=O) groups is 2. The molecule has 23 heavy (non-hydrogen) atoms. The molecule has 1 aromatic carbocycles. The van der Waals surface area contributed by atoms with Crippen molar-refractivity contribution < 1.29 is 9.59 Å². The average molecular weight is 346 g/mol. The normalized spacial score (nSPS) is 18.7. The molecule has 1 aliphatic heterocycles. The molecule has 1 saturated heterocycles. The van der Waals surface area contributed by atoms with E-state index in [0.29, 0.717) is 16.5 Å². The maximum Gasteiger partial charge on any atom is 0.265 e. The van der Waals surface area contributed by atoms with E-state index in [4.69, 9.17) is 0 Å². The third-order valence-electron chi connectivity index (χ3n) is 3.84. The third kappa shape index (κ3) is 3.59. The number of thioether (sulfide) groups is 1. The highest BCUT2D eigenvalue weighted by atomic mass is 32.2. The lowest BCUT2D eigenvalue weighted by molar-refractivity contribution is -0.125. The Hall–Kier alpha value is -1.79. The molecule has 2 amide bonds. The Morgan fingerprint density at radius 2 is 2.00 bits per heavy atom. The van der Waals surface area contributed by atoms with Crippen molar-refractivity contribution in [1.82, 2.24) is 10.2 Å². The zero-order valence-corrected chi connectivity index (χ0v) is 14.4. The van der Waals surface area contributed by atoms with E-state index in [-0.39, 0.29) is 17.9 Å². The molecule has 1 aliphatic rings. The number of rotatable bonds is 4. The fraction of sp³-hybridized carbons (Fsp3) is 0.294. The summed E-state index contributed by atoms with van der Waals surface area (Å²) in [6.45, 7) is 1.96. The quantitative estimate of drug-likeness (QED) is 0.925. The molecule has 120 valence electrons. The highest BCUT2D eigenvalue weighted by Gasteiger charge is 2.35. The van der Waals surface area contributed by atoms with Crippen LogP contribution < -0.4 is 5.32 Å². The number of hydrogen-bond donors (Lipinski definition) is 1. The molecule has 4 nitrogen and oxygen atoms in total. The number of carbonyl (C=O) groups excluding carboxylic acids is 2. The highest BCUT2D eigenvalue weighted by molar-refractivity contribution is 7.99. The molecule has 0 aliphatic carbocycles. The van der Waals surface area contributed by atoms with E-state index in [0.717, 1.165) is 5.56 Å². The van der Waals surface area contributed by atoms with E-state index in [1.165, 1.54) is 11.3 Å². The van der Waals surface area contributed by atoms with Crippen LogP contribution in [0, 0.1) is 0 Å². The van der Waals surface area contributed by atoms with Gasteiger partial charge in [-0.05, 0) is 23.9 Å². The van der Waals surface area contributed by atoms with E-state index >= 15 is 0 Å². The molecule has 1 aromatic heterocycles. The average Bonchev–Trinajstić information content (AvgIpc) is 3.26. The Morgan fingerprint density at radius 3 is 2.70 bits per heavy atom. The second-order valence-electron chi connectivity index (χ2n) is 5.41. The second kappa shape index (κ2) is 7.19. The molecule has 2 heterocycles. The fourth-order valence-electron chi connectivity index (χ4n) is 2.54. The van der Waals surface area contributed by atoms with Gasteiger partial charge in [-0.15, -0.1) is 23.1 Å². The first kappa shape index (κ1) is 16.1. The third-order valence-corrected chi connectivity index (χ3v) is 5.71. The summed E-state index contributed by atoms with van der Waals surface area (Å²) in [5, 5.41) is 4.90. The van der Waals surface area contributed by atoms with Crippen LogP contribution in [0.4, 0.5) is 0 Å². The maximum absolute atomic E-state index is 12.6. The molecule has 1 N–H and O–H groups in total. The molecule has 1 fully saturated rings. The minimum atomic E-state index is -0.402. The Bertz CT molecular complexity index is 673. The van der Waals surface area contributed by atoms with Crippen LogP contribution in [0.1, 0.15) is 28.2 Å². The summed E-state index contributed by atoms with van der Waals surface area (Å²) in [5.74, 6) is 1.06. The van der Waals surface area contributed by atoms with E-state index in [9.17, 15) is 9.59 Å². The van der Waals surface area contributed by atoms with Crippen LogP contribution in [0.15, 0.2) is 47.8 Å². The van der Waals surface area contributed by atoms with Crippen molar-refractivity contribution in [3.05, 3.63) is 58.3 Å². The van der Waals surface area contributed by atoms with Crippen molar-refractivity contribution in [2.45, 2.75) is 19.0 Å². The Balaban J connectivity index is 1.67. The molecule has 0 radical (unpaired) electrons. The summed E-state index contributed by atoms with van der Waals surface area (Å²) in [4.78, 5) is 27.5. The summed E-state index contributed by atoms with van der Waals surface area (Å²) < 4.78 is 0. The zero-order valence-electron chi connectivity index (χ0n) is 12.8. The number of hydrogen-bond acceptors (Lipinski definition) is 4. The molecular weight excluding hydrogens is 328 g/mol. The van der Waals surface area contributed by atoms with Crippen LogP contribution in [0.3, 0.4) is 0 Å². The van der Waals surface area contributed by atoms with Crippen molar-refractivity contribution in [3.63, 3.8) is 0 Å². The number of benzene rings is 1. The summed E-state index contributed by atoms with van der Waals surface area (Å²) in [6.07, 6.45) is 0. The van der Waals surface area contributed by atoms with Gasteiger partial charge >= 0.3 is 0 Å². The van der Waals surface area contributed by atoms with Gasteiger partial charge in [0.15, 0.2) is 0 Å². The number of thiophene rings is 1. The molecule has 2 aromatic rings. The van der Waals surface area contributed by atoms with Crippen LogP contribution in [-0.4, -0.2) is 34.4 Å². The molecule has 2 atom stereocenters. The second-order valence-corrected chi connectivity index (χ2v) is 7.36. The first-order chi connectivity index (χ1) is 11.2. The summed E-state index contributed by atoms with van der Waals surface area (Å²) in [5.41, 5.74) is 1.06. The lowest BCUT2D eigenvalue weighted by Crippen LogP contribution is -2.47. The Morgan fingerprint density at radius 1 is 1.22 bits per heavy atom. The van der Waals surface area contributed by atoms with Crippen molar-refractivity contribution in [3.8, 4) is 0 Å². The Kier molecular flexibility index (Phi) is 5.03. The topological polar surface area (TPSA) is 49.4 Å². The Labute approximate surface area is 143 Å². The number of amides is 2. The van der Waals surface area contributed by atoms with E-state index in [2.05, 4.69) is 5.32 Å². The minimum Gasteiger partial charge on any atom is -0.348 e. The molecule has 0 unspecified atom stereocenters. The van der Waals surface area contributed by atoms with Gasteiger partial charge in [-0.2, -0.15) is 0 Å². The minimum absolute atomic E-state index is 0.0579. The monoisotopic (exact) mass is 346 g/mol. The van der Waals surface area contributed by atoms with Gasteiger partial charge in [0.05, 0.1) is 16.8 Å². The van der Waals surface area contributed by atoms with E-state index in [1.807, 2.05) is 48.7 Å². The van der Waals surface area contributed by atoms with Gasteiger partial charge in [-0.1, -0.05) is 36.4 Å². The molecule has 0 saturated carbocycles. The van der Waals surface area contributed by atoms with Crippen LogP contribution in [0.25, 0.3) is 0 Å². The predicted octanol–water partition coefficient (Wildman–Crippen LogP) is 3.14. The largest absolute Gasteiger partial charge is 0.348 e. The lowest BCUT2D eigenvalue weighted by atomic mass is 10.1. The van der Waals surface area contributed by atoms with Crippen molar-refractivity contribution in [1.29, 1.82) is 0 Å². The molecule has 3 rings (SSSR count). The number of nitrogens with one attached hydrogen (secondary N) is 1. The van der Waals surface area contributed by atoms with Gasteiger partial charge in [0, 0.05) is 5.75 Å².